The molecule has 4 aliphatic rings. The van der Waals surface area contributed by atoms with Gasteiger partial charge >= 0.3 is 5.97 Å². The van der Waals surface area contributed by atoms with E-state index in [1.165, 1.54) is 24.8 Å². The quantitative estimate of drug-likeness (QED) is 0.641. The van der Waals surface area contributed by atoms with Gasteiger partial charge in [-0.25, -0.2) is 0 Å². The van der Waals surface area contributed by atoms with E-state index in [4.69, 9.17) is 14.2 Å². The number of fused-ring (bicyclic) bond motifs is 3. The third-order valence-corrected chi connectivity index (χ3v) is 7.32. The Morgan fingerprint density at radius 2 is 2.11 bits per heavy atom. The lowest BCUT2D eigenvalue weighted by Crippen LogP contribution is -2.84. The molecule has 0 radical (unpaired) electrons. The van der Waals surface area contributed by atoms with Crippen molar-refractivity contribution in [1.82, 2.24) is 0 Å². The summed E-state index contributed by atoms with van der Waals surface area (Å²) in [4.78, 5) is 12.6. The first-order chi connectivity index (χ1) is 13.5. The molecule has 0 bridgehead atoms. The Labute approximate surface area is 166 Å². The van der Waals surface area contributed by atoms with E-state index in [1.807, 2.05) is 12.1 Å². The summed E-state index contributed by atoms with van der Waals surface area (Å²) in [6, 6.07) is 6.06. The van der Waals surface area contributed by atoms with Crippen molar-refractivity contribution in [1.29, 1.82) is 0 Å². The highest BCUT2D eigenvalue weighted by Gasteiger charge is 2.52. The molecule has 0 amide bonds. The van der Waals surface area contributed by atoms with E-state index in [0.29, 0.717) is 12.7 Å². The highest BCUT2D eigenvalue weighted by atomic mass is 16.7. The van der Waals surface area contributed by atoms with Crippen LogP contribution in [0.25, 0.3) is 0 Å². The van der Waals surface area contributed by atoms with Crippen molar-refractivity contribution in [2.75, 3.05) is 13.3 Å². The summed E-state index contributed by atoms with van der Waals surface area (Å²) in [7, 11) is 0. The number of carbonyl (C=O) groups excluding carboxylic acids is 1. The molecule has 2 N–H and O–H groups in total. The first-order valence-corrected chi connectivity index (χ1v) is 10.7. The molecule has 0 unspecified atom stereocenters. The van der Waals surface area contributed by atoms with E-state index in [0.717, 1.165) is 31.0 Å². The van der Waals surface area contributed by atoms with Crippen LogP contribution in [0.5, 0.6) is 11.5 Å². The van der Waals surface area contributed by atoms with Gasteiger partial charge in [0.25, 0.3) is 0 Å². The molecule has 2 aliphatic carbocycles. The molecule has 150 valence electrons. The predicted molar refractivity (Wildman–Crippen MR) is 104 cm³/mol. The first kappa shape index (κ1) is 18.0. The van der Waals surface area contributed by atoms with Gasteiger partial charge in [-0.3, -0.25) is 4.79 Å². The molecule has 2 fully saturated rings. The summed E-state index contributed by atoms with van der Waals surface area (Å²) in [6.45, 7) is 6.61. The van der Waals surface area contributed by atoms with Crippen molar-refractivity contribution in [2.24, 2.45) is 23.2 Å². The van der Waals surface area contributed by atoms with Crippen molar-refractivity contribution in [3.8, 4) is 11.5 Å². The molecule has 2 aliphatic heterocycles. The minimum atomic E-state index is -0.0369. The Bertz CT molecular complexity index is 819. The van der Waals surface area contributed by atoms with Gasteiger partial charge in [0.05, 0.1) is 6.54 Å². The average Bonchev–Trinajstić information content (AvgIpc) is 3.24. The summed E-state index contributed by atoms with van der Waals surface area (Å²) in [5, 5.41) is 2.22. The smallest absolute Gasteiger partial charge is 0.315 e. The Balaban J connectivity index is 1.27. The molecular weight excluding hydrogens is 354 g/mol. The fourth-order valence-corrected chi connectivity index (χ4v) is 5.81. The number of esters is 1. The number of quaternary nitrogens is 1. The van der Waals surface area contributed by atoms with Crippen LogP contribution in [0.4, 0.5) is 0 Å². The number of carbonyl (C=O) groups is 1. The number of allylic oxidation sites excluding steroid dienone is 1. The summed E-state index contributed by atoms with van der Waals surface area (Å²) in [5.74, 6) is 2.45. The first-order valence-electron chi connectivity index (χ1n) is 10.7. The SMILES string of the molecule is C[C@H]1CCC[C@]2(C)C[C@H]3OC(=O)[C@@H](C[NH2+]Cc4ccc5c(c4)OCO5)[C@H]3C=C12. The second kappa shape index (κ2) is 6.80. The fourth-order valence-electron chi connectivity index (χ4n) is 5.81. The van der Waals surface area contributed by atoms with Gasteiger partial charge in [-0.15, -0.1) is 0 Å². The van der Waals surface area contributed by atoms with Crippen LogP contribution < -0.4 is 14.8 Å². The third kappa shape index (κ3) is 3.00. The molecular formula is C23H30NO4+. The summed E-state index contributed by atoms with van der Waals surface area (Å²) in [6.07, 6.45) is 7.28. The molecule has 0 aromatic heterocycles. The maximum absolute atomic E-state index is 12.6. The maximum Gasteiger partial charge on any atom is 0.315 e. The zero-order valence-electron chi connectivity index (χ0n) is 16.8. The van der Waals surface area contributed by atoms with Gasteiger partial charge in [0.1, 0.15) is 18.6 Å². The van der Waals surface area contributed by atoms with Crippen molar-refractivity contribution in [3.05, 3.63) is 35.4 Å². The standard InChI is InChI=1S/C23H29NO4/c1-14-4-3-7-23(2)10-21-16(9-18(14)23)17(22(25)28-21)12-24-11-15-5-6-19-20(8-15)27-13-26-19/h5-6,8-9,14,16-17,21,24H,3-4,7,10-13H2,1-2H3/p+1/t14-,16+,17-,21+,23+/m0/s1. The van der Waals surface area contributed by atoms with E-state index >= 15 is 0 Å². The molecule has 5 heteroatoms. The minimum Gasteiger partial charge on any atom is -0.461 e. The Kier molecular flexibility index (Phi) is 4.38. The van der Waals surface area contributed by atoms with E-state index in [9.17, 15) is 4.79 Å². The lowest BCUT2D eigenvalue weighted by atomic mass is 9.59. The van der Waals surface area contributed by atoms with Gasteiger partial charge < -0.3 is 19.5 Å². The molecule has 5 rings (SSSR count). The molecule has 2 heterocycles. The van der Waals surface area contributed by atoms with Crippen molar-refractivity contribution >= 4 is 5.97 Å². The van der Waals surface area contributed by atoms with Crippen LogP contribution >= 0.6 is 0 Å². The van der Waals surface area contributed by atoms with Gasteiger partial charge in [-0.2, -0.15) is 0 Å². The van der Waals surface area contributed by atoms with Crippen molar-refractivity contribution < 1.29 is 24.3 Å². The van der Waals surface area contributed by atoms with Gasteiger partial charge in [0.2, 0.25) is 6.79 Å². The number of ether oxygens (including phenoxy) is 3. The van der Waals surface area contributed by atoms with E-state index in [1.54, 1.807) is 5.57 Å². The van der Waals surface area contributed by atoms with Crippen LogP contribution in [-0.4, -0.2) is 25.4 Å². The second-order valence-electron chi connectivity index (χ2n) is 9.26. The molecule has 1 aromatic rings. The predicted octanol–water partition coefficient (Wildman–Crippen LogP) is 2.79. The van der Waals surface area contributed by atoms with Crippen LogP contribution in [0, 0.1) is 23.2 Å². The number of nitrogens with two attached hydrogens (primary N) is 1. The topological polar surface area (TPSA) is 61.4 Å². The third-order valence-electron chi connectivity index (χ3n) is 7.32. The second-order valence-corrected chi connectivity index (χ2v) is 9.26. The zero-order chi connectivity index (χ0) is 19.3. The highest BCUT2D eigenvalue weighted by molar-refractivity contribution is 5.76. The number of rotatable bonds is 4. The van der Waals surface area contributed by atoms with Gasteiger partial charge in [-0.1, -0.05) is 31.9 Å². The van der Waals surface area contributed by atoms with Crippen molar-refractivity contribution in [3.63, 3.8) is 0 Å². The Morgan fingerprint density at radius 1 is 1.25 bits per heavy atom. The van der Waals surface area contributed by atoms with Gasteiger partial charge in [0.15, 0.2) is 11.5 Å². The monoisotopic (exact) mass is 384 g/mol. The highest BCUT2D eigenvalue weighted by Crippen LogP contribution is 2.53. The normalized spacial score (nSPS) is 35.8. The molecule has 5 nitrogen and oxygen atoms in total. The number of hydrogen-bond acceptors (Lipinski definition) is 4. The van der Waals surface area contributed by atoms with Crippen molar-refractivity contribution in [2.45, 2.75) is 52.2 Å². The van der Waals surface area contributed by atoms with Crippen LogP contribution in [-0.2, 0) is 16.1 Å². The fraction of sp³-hybridized carbons (Fsp3) is 0.609. The molecule has 1 aromatic carbocycles. The average molecular weight is 384 g/mol. The van der Waals surface area contributed by atoms with Gasteiger partial charge in [-0.05, 0) is 48.8 Å². The molecule has 5 atom stereocenters. The summed E-state index contributed by atoms with van der Waals surface area (Å²) in [5.41, 5.74) is 2.99. The Morgan fingerprint density at radius 3 is 3.00 bits per heavy atom. The zero-order valence-corrected chi connectivity index (χ0v) is 16.8. The lowest BCUT2D eigenvalue weighted by molar-refractivity contribution is -0.674. The molecule has 1 saturated carbocycles. The Hall–Kier alpha value is -2.01. The van der Waals surface area contributed by atoms with E-state index < -0.39 is 0 Å². The largest absolute Gasteiger partial charge is 0.461 e. The molecule has 28 heavy (non-hydrogen) atoms. The summed E-state index contributed by atoms with van der Waals surface area (Å²) < 4.78 is 16.7. The number of benzene rings is 1. The maximum atomic E-state index is 12.6. The summed E-state index contributed by atoms with van der Waals surface area (Å²) >= 11 is 0. The van der Waals surface area contributed by atoms with Gasteiger partial charge in [0, 0.05) is 11.5 Å². The van der Waals surface area contributed by atoms with E-state index in [2.05, 4.69) is 31.3 Å². The van der Waals surface area contributed by atoms with Crippen LogP contribution in [0.1, 0.15) is 45.1 Å². The van der Waals surface area contributed by atoms with Crippen LogP contribution in [0.3, 0.4) is 0 Å². The minimum absolute atomic E-state index is 0.0105. The lowest BCUT2D eigenvalue weighted by Gasteiger charge is -2.45. The molecule has 1 saturated heterocycles. The molecule has 0 spiro atoms. The van der Waals surface area contributed by atoms with E-state index in [-0.39, 0.29) is 29.3 Å². The number of hydrogen-bond donors (Lipinski definition) is 1. The van der Waals surface area contributed by atoms with Crippen LogP contribution in [0.15, 0.2) is 29.8 Å². The van der Waals surface area contributed by atoms with Crippen LogP contribution in [0.2, 0.25) is 0 Å².